The van der Waals surface area contributed by atoms with Crippen LogP contribution in [-0.4, -0.2) is 32.2 Å². The summed E-state index contributed by atoms with van der Waals surface area (Å²) in [5, 5.41) is 8.19. The molecule has 1 aliphatic carbocycles. The number of aromatic nitrogens is 4. The molecule has 1 fully saturated rings. The Morgan fingerprint density at radius 2 is 2.21 bits per heavy atom. The van der Waals surface area contributed by atoms with Crippen LogP contribution < -0.4 is 10.5 Å². The average molecular weight is 261 g/mol. The molecule has 0 aromatic carbocycles. The molecule has 2 unspecified atom stereocenters. The third-order valence-electron chi connectivity index (χ3n) is 3.87. The Morgan fingerprint density at radius 1 is 1.37 bits per heavy atom. The zero-order chi connectivity index (χ0) is 13.2. The molecule has 2 atom stereocenters. The maximum absolute atomic E-state index is 6.07. The van der Waals surface area contributed by atoms with Crippen molar-refractivity contribution in [2.24, 2.45) is 11.7 Å². The first kappa shape index (κ1) is 12.3. The lowest BCUT2D eigenvalue weighted by Crippen LogP contribution is -2.35. The van der Waals surface area contributed by atoms with Crippen molar-refractivity contribution in [2.75, 3.05) is 6.54 Å². The Labute approximate surface area is 112 Å². The second-order valence-electron chi connectivity index (χ2n) is 5.11. The number of hydrogen-bond donors (Lipinski definition) is 1. The molecule has 1 saturated carbocycles. The fraction of sp³-hybridized carbons (Fsp3) is 0.615. The highest BCUT2D eigenvalue weighted by molar-refractivity contribution is 5.48. The topological polar surface area (TPSA) is 78.3 Å². The van der Waals surface area contributed by atoms with Crippen LogP contribution in [0.3, 0.4) is 0 Å². The second kappa shape index (κ2) is 5.13. The van der Waals surface area contributed by atoms with Gasteiger partial charge in [0, 0.05) is 18.3 Å². The Balaban J connectivity index is 1.88. The highest BCUT2D eigenvalue weighted by Crippen LogP contribution is 2.28. The summed E-state index contributed by atoms with van der Waals surface area (Å²) in [6.07, 6.45) is 8.32. The molecule has 2 aromatic heterocycles. The van der Waals surface area contributed by atoms with Gasteiger partial charge in [0.25, 0.3) is 5.88 Å². The summed E-state index contributed by atoms with van der Waals surface area (Å²) in [4.78, 5) is 4.30. The van der Waals surface area contributed by atoms with Crippen LogP contribution in [0.25, 0.3) is 5.65 Å². The molecule has 2 heterocycles. The molecular weight excluding hydrogens is 242 g/mol. The Kier molecular flexibility index (Phi) is 3.33. The first-order valence-electron chi connectivity index (χ1n) is 6.82. The molecule has 0 radical (unpaired) electrons. The van der Waals surface area contributed by atoms with Crippen molar-refractivity contribution in [2.45, 2.75) is 38.7 Å². The van der Waals surface area contributed by atoms with Gasteiger partial charge in [0.05, 0.1) is 0 Å². The van der Waals surface area contributed by atoms with Crippen molar-refractivity contribution in [1.82, 2.24) is 19.6 Å². The fourth-order valence-electron chi connectivity index (χ4n) is 2.74. The van der Waals surface area contributed by atoms with E-state index in [0.717, 1.165) is 18.7 Å². The molecule has 0 bridgehead atoms. The van der Waals surface area contributed by atoms with Gasteiger partial charge in [-0.2, -0.15) is 0 Å². The van der Waals surface area contributed by atoms with Gasteiger partial charge < -0.3 is 10.5 Å². The van der Waals surface area contributed by atoms with Gasteiger partial charge in [-0.1, -0.05) is 6.42 Å². The van der Waals surface area contributed by atoms with E-state index >= 15 is 0 Å². The lowest BCUT2D eigenvalue weighted by Gasteiger charge is -2.30. The monoisotopic (exact) mass is 261 g/mol. The number of fused-ring (bicyclic) bond motifs is 1. The van der Waals surface area contributed by atoms with Crippen molar-refractivity contribution in [1.29, 1.82) is 0 Å². The third kappa shape index (κ3) is 2.28. The van der Waals surface area contributed by atoms with E-state index in [0.29, 0.717) is 24.0 Å². The molecule has 6 heteroatoms. The number of rotatable bonds is 3. The molecule has 2 N–H and O–H groups in total. The van der Waals surface area contributed by atoms with Crippen molar-refractivity contribution in [3.05, 3.63) is 18.2 Å². The molecule has 1 aliphatic rings. The van der Waals surface area contributed by atoms with Gasteiger partial charge in [-0.05, 0) is 32.7 Å². The summed E-state index contributed by atoms with van der Waals surface area (Å²) in [5.41, 5.74) is 6.51. The zero-order valence-corrected chi connectivity index (χ0v) is 11.1. The van der Waals surface area contributed by atoms with Crippen LogP contribution in [0.5, 0.6) is 5.88 Å². The highest BCUT2D eigenvalue weighted by atomic mass is 16.5. The van der Waals surface area contributed by atoms with Gasteiger partial charge in [-0.3, -0.25) is 4.40 Å². The quantitative estimate of drug-likeness (QED) is 0.901. The molecule has 6 nitrogen and oxygen atoms in total. The first-order valence-corrected chi connectivity index (χ1v) is 6.82. The van der Waals surface area contributed by atoms with Crippen LogP contribution in [0.2, 0.25) is 0 Å². The minimum atomic E-state index is 0.148. The summed E-state index contributed by atoms with van der Waals surface area (Å²) in [6.45, 7) is 2.58. The summed E-state index contributed by atoms with van der Waals surface area (Å²) in [7, 11) is 0. The Morgan fingerprint density at radius 3 is 3.05 bits per heavy atom. The minimum Gasteiger partial charge on any atom is -0.471 e. The number of ether oxygens (including phenoxy) is 1. The largest absolute Gasteiger partial charge is 0.471 e. The van der Waals surface area contributed by atoms with E-state index in [4.69, 9.17) is 10.5 Å². The van der Waals surface area contributed by atoms with Crippen molar-refractivity contribution in [3.8, 4) is 5.88 Å². The lowest BCUT2D eigenvalue weighted by molar-refractivity contribution is 0.0933. The van der Waals surface area contributed by atoms with Crippen LogP contribution in [0.15, 0.2) is 12.4 Å². The van der Waals surface area contributed by atoms with Gasteiger partial charge in [0.1, 0.15) is 11.9 Å². The van der Waals surface area contributed by atoms with Crippen LogP contribution >= 0.6 is 0 Å². The Hall–Kier alpha value is -1.69. The summed E-state index contributed by atoms with van der Waals surface area (Å²) in [6, 6.07) is 0. The molecule has 0 saturated heterocycles. The van der Waals surface area contributed by atoms with Crippen LogP contribution in [-0.2, 0) is 0 Å². The van der Waals surface area contributed by atoms with E-state index in [9.17, 15) is 0 Å². The van der Waals surface area contributed by atoms with Crippen molar-refractivity contribution in [3.63, 3.8) is 0 Å². The molecule has 2 aromatic rings. The minimum absolute atomic E-state index is 0.148. The summed E-state index contributed by atoms with van der Waals surface area (Å²) < 4.78 is 7.96. The van der Waals surface area contributed by atoms with Gasteiger partial charge in [0.15, 0.2) is 0 Å². The molecule has 102 valence electrons. The van der Waals surface area contributed by atoms with E-state index in [1.165, 1.54) is 12.8 Å². The Bertz CT molecular complexity index is 567. The standard InChI is InChI=1S/C13H19N5O/c1-9-16-17-12-13(15-6-7-18(9)12)19-11-5-3-2-4-10(11)8-14/h6-7,10-11H,2-5,8,14H2,1H3. The first-order chi connectivity index (χ1) is 9.29. The molecule has 3 rings (SSSR count). The van der Waals surface area contributed by atoms with Gasteiger partial charge in [-0.15, -0.1) is 10.2 Å². The molecule has 0 amide bonds. The van der Waals surface area contributed by atoms with Crippen molar-refractivity contribution < 1.29 is 4.74 Å². The molecule has 0 spiro atoms. The van der Waals surface area contributed by atoms with Gasteiger partial charge in [-0.25, -0.2) is 4.98 Å². The average Bonchev–Trinajstić information content (AvgIpc) is 2.82. The van der Waals surface area contributed by atoms with Crippen molar-refractivity contribution >= 4 is 5.65 Å². The predicted octanol–water partition coefficient (Wildman–Crippen LogP) is 1.33. The molecule has 19 heavy (non-hydrogen) atoms. The normalized spacial score (nSPS) is 23.7. The van der Waals surface area contributed by atoms with E-state index in [1.54, 1.807) is 6.20 Å². The highest BCUT2D eigenvalue weighted by Gasteiger charge is 2.27. The maximum atomic E-state index is 6.07. The van der Waals surface area contributed by atoms with Gasteiger partial charge in [0.2, 0.25) is 5.65 Å². The summed E-state index contributed by atoms with van der Waals surface area (Å²) >= 11 is 0. The second-order valence-corrected chi connectivity index (χ2v) is 5.11. The van der Waals surface area contributed by atoms with E-state index < -0.39 is 0 Å². The predicted molar refractivity (Wildman–Crippen MR) is 70.9 cm³/mol. The SMILES string of the molecule is Cc1nnc2c(OC3CCCCC3CN)nccn12. The number of nitrogens with two attached hydrogens (primary N) is 1. The van der Waals surface area contributed by atoms with E-state index in [-0.39, 0.29) is 6.10 Å². The smallest absolute Gasteiger partial charge is 0.260 e. The van der Waals surface area contributed by atoms with Crippen LogP contribution in [0.1, 0.15) is 31.5 Å². The third-order valence-corrected chi connectivity index (χ3v) is 3.87. The summed E-state index contributed by atoms with van der Waals surface area (Å²) in [5.74, 6) is 1.81. The fourth-order valence-corrected chi connectivity index (χ4v) is 2.74. The molecule has 0 aliphatic heterocycles. The number of nitrogens with zero attached hydrogens (tertiary/aromatic N) is 4. The lowest BCUT2D eigenvalue weighted by atomic mass is 9.86. The van der Waals surface area contributed by atoms with Crippen LogP contribution in [0.4, 0.5) is 0 Å². The number of aryl methyl sites for hydroxylation is 1. The molecular formula is C13H19N5O. The van der Waals surface area contributed by atoms with Gasteiger partial charge >= 0.3 is 0 Å². The zero-order valence-electron chi connectivity index (χ0n) is 11.1. The van der Waals surface area contributed by atoms with E-state index in [2.05, 4.69) is 15.2 Å². The van der Waals surface area contributed by atoms with E-state index in [1.807, 2.05) is 17.5 Å². The maximum Gasteiger partial charge on any atom is 0.260 e. The van der Waals surface area contributed by atoms with Crippen LogP contribution in [0, 0.1) is 12.8 Å². The number of hydrogen-bond acceptors (Lipinski definition) is 5.